The third-order valence-electron chi connectivity index (χ3n) is 1.98. The molecule has 0 unspecified atom stereocenters. The van der Waals surface area contributed by atoms with Crippen LogP contribution in [-0.4, -0.2) is 14.8 Å². The largest absolute Gasteiger partial charge is 0.396 e. The predicted octanol–water partition coefficient (Wildman–Crippen LogP) is 0.780. The Morgan fingerprint density at radius 3 is 3.07 bits per heavy atom. The Balaban J connectivity index is 2.28. The zero-order valence-corrected chi connectivity index (χ0v) is 7.96. The van der Waals surface area contributed by atoms with Crippen LogP contribution in [0.2, 0.25) is 0 Å². The first-order valence-electron chi connectivity index (χ1n) is 4.41. The molecule has 5 heteroatoms. The Morgan fingerprint density at radius 1 is 1.53 bits per heavy atom. The topological polar surface area (TPSA) is 80.5 Å². The Morgan fingerprint density at radius 2 is 2.40 bits per heavy atom. The average molecular weight is 199 g/mol. The number of nitrogens with zero attached hydrogens (tertiary/aromatic N) is 4. The number of nitrogen functional groups attached to an aromatic ring is 1. The fourth-order valence-electron chi connectivity index (χ4n) is 1.31. The van der Waals surface area contributed by atoms with E-state index in [1.807, 2.05) is 12.1 Å². The molecular formula is C10H9N5. The van der Waals surface area contributed by atoms with Crippen molar-refractivity contribution in [1.82, 2.24) is 14.8 Å². The molecule has 0 aliphatic carbocycles. The summed E-state index contributed by atoms with van der Waals surface area (Å²) in [5.41, 5.74) is 7.41. The van der Waals surface area contributed by atoms with E-state index < -0.39 is 0 Å². The molecule has 2 N–H and O–H groups in total. The van der Waals surface area contributed by atoms with Crippen LogP contribution in [0.15, 0.2) is 30.7 Å². The summed E-state index contributed by atoms with van der Waals surface area (Å²) >= 11 is 0. The van der Waals surface area contributed by atoms with Gasteiger partial charge >= 0.3 is 0 Å². The van der Waals surface area contributed by atoms with E-state index >= 15 is 0 Å². The summed E-state index contributed by atoms with van der Waals surface area (Å²) in [4.78, 5) is 3.97. The second-order valence-corrected chi connectivity index (χ2v) is 3.09. The third kappa shape index (κ3) is 1.94. The zero-order chi connectivity index (χ0) is 10.7. The van der Waals surface area contributed by atoms with Crippen LogP contribution >= 0.6 is 0 Å². The SMILES string of the molecule is N#Cc1ncccc1Cn1cc(N)cn1. The number of rotatable bonds is 2. The van der Waals surface area contributed by atoms with Crippen molar-refractivity contribution in [3.63, 3.8) is 0 Å². The highest BCUT2D eigenvalue weighted by Crippen LogP contribution is 2.07. The van der Waals surface area contributed by atoms with Gasteiger partial charge in [0.05, 0.1) is 18.4 Å². The highest BCUT2D eigenvalue weighted by molar-refractivity contribution is 5.33. The molecule has 0 aliphatic heterocycles. The molecule has 0 saturated carbocycles. The second-order valence-electron chi connectivity index (χ2n) is 3.09. The van der Waals surface area contributed by atoms with Gasteiger partial charge in [0.1, 0.15) is 11.8 Å². The molecule has 74 valence electrons. The van der Waals surface area contributed by atoms with Gasteiger partial charge in [0.25, 0.3) is 0 Å². The molecule has 0 aromatic carbocycles. The molecule has 2 aromatic rings. The highest BCUT2D eigenvalue weighted by Gasteiger charge is 2.03. The fourth-order valence-corrected chi connectivity index (χ4v) is 1.31. The molecule has 0 atom stereocenters. The summed E-state index contributed by atoms with van der Waals surface area (Å²) in [5.74, 6) is 0. The maximum atomic E-state index is 8.83. The van der Waals surface area contributed by atoms with Crippen LogP contribution in [0.5, 0.6) is 0 Å². The zero-order valence-electron chi connectivity index (χ0n) is 7.96. The molecule has 2 rings (SSSR count). The van der Waals surface area contributed by atoms with Gasteiger partial charge in [0.15, 0.2) is 0 Å². The van der Waals surface area contributed by atoms with Crippen LogP contribution in [0.3, 0.4) is 0 Å². The Bertz CT molecular complexity index is 509. The minimum Gasteiger partial charge on any atom is -0.396 e. The fraction of sp³-hybridized carbons (Fsp3) is 0.100. The van der Waals surface area contributed by atoms with Gasteiger partial charge in [-0.25, -0.2) is 4.98 Å². The Kier molecular flexibility index (Phi) is 2.33. The molecule has 5 nitrogen and oxygen atoms in total. The molecule has 0 bridgehead atoms. The van der Waals surface area contributed by atoms with Gasteiger partial charge in [-0.3, -0.25) is 4.68 Å². The number of pyridine rings is 1. The van der Waals surface area contributed by atoms with Crippen LogP contribution in [0, 0.1) is 11.3 Å². The van der Waals surface area contributed by atoms with Crippen molar-refractivity contribution in [2.24, 2.45) is 0 Å². The number of nitriles is 1. The summed E-state index contributed by atoms with van der Waals surface area (Å²) in [6.07, 6.45) is 4.88. The van der Waals surface area contributed by atoms with Crippen molar-refractivity contribution in [1.29, 1.82) is 5.26 Å². The molecule has 0 aliphatic rings. The van der Waals surface area contributed by atoms with Crippen molar-refractivity contribution >= 4 is 5.69 Å². The van der Waals surface area contributed by atoms with Crippen molar-refractivity contribution < 1.29 is 0 Å². The second kappa shape index (κ2) is 3.80. The lowest BCUT2D eigenvalue weighted by atomic mass is 10.2. The molecule has 0 spiro atoms. The maximum Gasteiger partial charge on any atom is 0.145 e. The van der Waals surface area contributed by atoms with E-state index in [0.29, 0.717) is 17.9 Å². The Labute approximate surface area is 86.8 Å². The lowest BCUT2D eigenvalue weighted by Crippen LogP contribution is -2.03. The molecule has 0 fully saturated rings. The van der Waals surface area contributed by atoms with Crippen LogP contribution in [0.25, 0.3) is 0 Å². The van der Waals surface area contributed by atoms with Crippen LogP contribution in [0.4, 0.5) is 5.69 Å². The summed E-state index contributed by atoms with van der Waals surface area (Å²) < 4.78 is 1.67. The van der Waals surface area contributed by atoms with Crippen molar-refractivity contribution in [2.75, 3.05) is 5.73 Å². The summed E-state index contributed by atoms with van der Waals surface area (Å²) in [6.45, 7) is 0.508. The first kappa shape index (κ1) is 9.21. The number of hydrogen-bond acceptors (Lipinski definition) is 4. The van der Waals surface area contributed by atoms with E-state index in [9.17, 15) is 0 Å². The number of hydrogen-bond donors (Lipinski definition) is 1. The molecule has 15 heavy (non-hydrogen) atoms. The molecule has 0 amide bonds. The van der Waals surface area contributed by atoms with E-state index in [1.54, 1.807) is 29.3 Å². The van der Waals surface area contributed by atoms with Gasteiger partial charge < -0.3 is 5.73 Å². The van der Waals surface area contributed by atoms with E-state index in [-0.39, 0.29) is 0 Å². The highest BCUT2D eigenvalue weighted by atomic mass is 15.3. The van der Waals surface area contributed by atoms with Gasteiger partial charge in [-0.05, 0) is 6.07 Å². The van der Waals surface area contributed by atoms with E-state index in [4.69, 9.17) is 11.0 Å². The van der Waals surface area contributed by atoms with Crippen molar-refractivity contribution in [3.05, 3.63) is 42.0 Å². The summed E-state index contributed by atoms with van der Waals surface area (Å²) in [6, 6.07) is 5.68. The van der Waals surface area contributed by atoms with Crippen molar-refractivity contribution in [3.8, 4) is 6.07 Å². The molecule has 2 aromatic heterocycles. The number of nitrogens with two attached hydrogens (primary N) is 1. The Hall–Kier alpha value is -2.35. The number of anilines is 1. The van der Waals surface area contributed by atoms with E-state index in [0.717, 1.165) is 5.56 Å². The number of aromatic nitrogens is 3. The van der Waals surface area contributed by atoms with Gasteiger partial charge in [0.2, 0.25) is 0 Å². The minimum absolute atomic E-state index is 0.423. The van der Waals surface area contributed by atoms with Crippen LogP contribution < -0.4 is 5.73 Å². The molecule has 0 radical (unpaired) electrons. The standard InChI is InChI=1S/C10H9N5/c11-4-10-8(2-1-3-13-10)6-15-7-9(12)5-14-15/h1-3,5,7H,6,12H2. The van der Waals surface area contributed by atoms with E-state index in [1.165, 1.54) is 0 Å². The monoisotopic (exact) mass is 199 g/mol. The van der Waals surface area contributed by atoms with E-state index in [2.05, 4.69) is 10.1 Å². The first-order chi connectivity index (χ1) is 7.29. The quantitative estimate of drug-likeness (QED) is 0.775. The van der Waals surface area contributed by atoms with Crippen LogP contribution in [-0.2, 0) is 6.54 Å². The van der Waals surface area contributed by atoms with Crippen molar-refractivity contribution in [2.45, 2.75) is 6.54 Å². The lowest BCUT2D eigenvalue weighted by Gasteiger charge is -2.02. The van der Waals surface area contributed by atoms with Crippen LogP contribution in [0.1, 0.15) is 11.3 Å². The molecule has 0 saturated heterocycles. The maximum absolute atomic E-state index is 8.83. The van der Waals surface area contributed by atoms with Gasteiger partial charge in [-0.15, -0.1) is 0 Å². The lowest BCUT2D eigenvalue weighted by molar-refractivity contribution is 0.683. The predicted molar refractivity (Wildman–Crippen MR) is 54.7 cm³/mol. The molecular weight excluding hydrogens is 190 g/mol. The van der Waals surface area contributed by atoms with Gasteiger partial charge in [-0.2, -0.15) is 10.4 Å². The molecule has 2 heterocycles. The smallest absolute Gasteiger partial charge is 0.145 e. The normalized spacial score (nSPS) is 9.80. The minimum atomic E-state index is 0.423. The van der Waals surface area contributed by atoms with Gasteiger partial charge in [-0.1, -0.05) is 6.07 Å². The first-order valence-corrected chi connectivity index (χ1v) is 4.41. The summed E-state index contributed by atoms with van der Waals surface area (Å²) in [7, 11) is 0. The van der Waals surface area contributed by atoms with Gasteiger partial charge in [0, 0.05) is 18.0 Å². The summed E-state index contributed by atoms with van der Waals surface area (Å²) in [5, 5.41) is 12.9. The average Bonchev–Trinajstić information content (AvgIpc) is 2.65. The third-order valence-corrected chi connectivity index (χ3v) is 1.98.